The van der Waals surface area contributed by atoms with Gasteiger partial charge in [-0.3, -0.25) is 0 Å². The number of sulfonamides is 1. The van der Waals surface area contributed by atoms with E-state index in [1.54, 1.807) is 6.92 Å². The molecule has 0 saturated heterocycles. The Kier molecular flexibility index (Phi) is 4.23. The van der Waals surface area contributed by atoms with Crippen molar-refractivity contribution >= 4 is 15.7 Å². The number of aliphatic hydroxyl groups is 1. The SMILES string of the molecule is Cc1cc(F)c(S(=O)(=O)NC(C)(C)C(C)O)cc1N. The predicted molar refractivity (Wildman–Crippen MR) is 71.6 cm³/mol. The number of hydrogen-bond acceptors (Lipinski definition) is 4. The summed E-state index contributed by atoms with van der Waals surface area (Å²) in [4.78, 5) is -0.524. The third-order valence-electron chi connectivity index (χ3n) is 3.05. The average molecular weight is 290 g/mol. The first-order valence-corrected chi connectivity index (χ1v) is 7.23. The van der Waals surface area contributed by atoms with E-state index >= 15 is 0 Å². The number of anilines is 1. The number of nitrogen functional groups attached to an aromatic ring is 1. The van der Waals surface area contributed by atoms with Crippen LogP contribution in [0.5, 0.6) is 0 Å². The number of rotatable bonds is 4. The minimum absolute atomic E-state index is 0.191. The molecule has 1 aromatic carbocycles. The molecule has 5 nitrogen and oxygen atoms in total. The van der Waals surface area contributed by atoms with Crippen molar-refractivity contribution in [3.05, 3.63) is 23.5 Å². The lowest BCUT2D eigenvalue weighted by molar-refractivity contribution is 0.111. The highest BCUT2D eigenvalue weighted by atomic mass is 32.2. The number of hydrogen-bond donors (Lipinski definition) is 3. The summed E-state index contributed by atoms with van der Waals surface area (Å²) in [5.74, 6) is -0.874. The topological polar surface area (TPSA) is 92.4 Å². The summed E-state index contributed by atoms with van der Waals surface area (Å²) in [6.07, 6.45) is -0.937. The molecule has 7 heteroatoms. The molecule has 0 aromatic heterocycles. The molecule has 0 aliphatic carbocycles. The first-order chi connectivity index (χ1) is 8.47. The number of halogens is 1. The van der Waals surface area contributed by atoms with Crippen LogP contribution in [0.1, 0.15) is 26.3 Å². The van der Waals surface area contributed by atoms with E-state index in [1.165, 1.54) is 20.8 Å². The van der Waals surface area contributed by atoms with Gasteiger partial charge in [0.25, 0.3) is 0 Å². The second-order valence-corrected chi connectivity index (χ2v) is 6.79. The molecular formula is C12H19FN2O3S. The van der Waals surface area contributed by atoms with Crippen molar-refractivity contribution in [2.24, 2.45) is 0 Å². The monoisotopic (exact) mass is 290 g/mol. The quantitative estimate of drug-likeness (QED) is 0.725. The third-order valence-corrected chi connectivity index (χ3v) is 4.74. The summed E-state index contributed by atoms with van der Waals surface area (Å²) in [6, 6.07) is 2.14. The van der Waals surface area contributed by atoms with Crippen LogP contribution >= 0.6 is 0 Å². The molecule has 1 aromatic rings. The molecule has 0 aliphatic heterocycles. The molecule has 0 amide bonds. The highest BCUT2D eigenvalue weighted by Crippen LogP contribution is 2.23. The van der Waals surface area contributed by atoms with Gasteiger partial charge in [0, 0.05) is 5.69 Å². The Morgan fingerprint density at radius 3 is 2.42 bits per heavy atom. The van der Waals surface area contributed by atoms with E-state index in [2.05, 4.69) is 4.72 Å². The van der Waals surface area contributed by atoms with E-state index in [0.717, 1.165) is 12.1 Å². The fourth-order valence-corrected chi connectivity index (χ4v) is 2.93. The predicted octanol–water partition coefficient (Wildman–Crippen LogP) is 1.15. The average Bonchev–Trinajstić information content (AvgIpc) is 2.21. The summed E-state index contributed by atoms with van der Waals surface area (Å²) in [6.45, 7) is 6.04. The van der Waals surface area contributed by atoms with Crippen LogP contribution < -0.4 is 10.5 Å². The zero-order valence-electron chi connectivity index (χ0n) is 11.4. The third kappa shape index (κ3) is 3.43. The van der Waals surface area contributed by atoms with Crippen LogP contribution in [0.2, 0.25) is 0 Å². The van der Waals surface area contributed by atoms with Crippen LogP contribution in [0.3, 0.4) is 0 Å². The van der Waals surface area contributed by atoms with Gasteiger partial charge in [0.05, 0.1) is 11.6 Å². The van der Waals surface area contributed by atoms with Gasteiger partial charge in [-0.25, -0.2) is 17.5 Å². The normalized spacial score (nSPS) is 14.4. The Bertz CT molecular complexity index is 583. The van der Waals surface area contributed by atoms with Crippen molar-refractivity contribution in [1.82, 2.24) is 4.72 Å². The van der Waals surface area contributed by atoms with Gasteiger partial charge in [0.15, 0.2) is 0 Å². The second-order valence-electron chi connectivity index (χ2n) is 5.14. The Balaban J connectivity index is 3.26. The maximum absolute atomic E-state index is 13.8. The molecule has 4 N–H and O–H groups in total. The molecule has 0 heterocycles. The Hall–Kier alpha value is -1.18. The van der Waals surface area contributed by atoms with Crippen LogP contribution in [0, 0.1) is 12.7 Å². The fraction of sp³-hybridized carbons (Fsp3) is 0.500. The van der Waals surface area contributed by atoms with Gasteiger partial charge in [-0.2, -0.15) is 0 Å². The number of benzene rings is 1. The molecule has 0 radical (unpaired) electrons. The summed E-state index contributed by atoms with van der Waals surface area (Å²) >= 11 is 0. The molecule has 0 saturated carbocycles. The highest BCUT2D eigenvalue weighted by Gasteiger charge is 2.32. The van der Waals surface area contributed by atoms with Crippen LogP contribution in [0.25, 0.3) is 0 Å². The van der Waals surface area contributed by atoms with Crippen LogP contribution in [0.4, 0.5) is 10.1 Å². The van der Waals surface area contributed by atoms with E-state index in [-0.39, 0.29) is 5.69 Å². The molecule has 108 valence electrons. The lowest BCUT2D eigenvalue weighted by Crippen LogP contribution is -2.50. The van der Waals surface area contributed by atoms with Gasteiger partial charge < -0.3 is 10.8 Å². The van der Waals surface area contributed by atoms with Crippen molar-refractivity contribution in [2.45, 2.75) is 44.2 Å². The lowest BCUT2D eigenvalue weighted by Gasteiger charge is -2.29. The maximum atomic E-state index is 13.8. The van der Waals surface area contributed by atoms with Gasteiger partial charge in [-0.05, 0) is 45.4 Å². The summed E-state index contributed by atoms with van der Waals surface area (Å²) in [5, 5.41) is 9.51. The molecule has 0 spiro atoms. The Morgan fingerprint density at radius 2 is 1.95 bits per heavy atom. The van der Waals surface area contributed by atoms with Crippen molar-refractivity contribution in [3.8, 4) is 0 Å². The van der Waals surface area contributed by atoms with Gasteiger partial charge in [0.1, 0.15) is 10.7 Å². The van der Waals surface area contributed by atoms with Crippen LogP contribution in [-0.4, -0.2) is 25.2 Å². The van der Waals surface area contributed by atoms with E-state index in [0.29, 0.717) is 5.56 Å². The van der Waals surface area contributed by atoms with Gasteiger partial charge >= 0.3 is 0 Å². The number of aryl methyl sites for hydroxylation is 1. The Labute approximate surface area is 112 Å². The fourth-order valence-electron chi connectivity index (χ4n) is 1.36. The van der Waals surface area contributed by atoms with Gasteiger partial charge in [-0.15, -0.1) is 0 Å². The van der Waals surface area contributed by atoms with Crippen molar-refractivity contribution in [3.63, 3.8) is 0 Å². The zero-order chi connectivity index (χ0) is 15.0. The number of aliphatic hydroxyl groups excluding tert-OH is 1. The first kappa shape index (κ1) is 15.9. The van der Waals surface area contributed by atoms with Crippen molar-refractivity contribution < 1.29 is 17.9 Å². The van der Waals surface area contributed by atoms with Crippen LogP contribution in [0.15, 0.2) is 17.0 Å². The van der Waals surface area contributed by atoms with Crippen molar-refractivity contribution in [2.75, 3.05) is 5.73 Å². The minimum atomic E-state index is -4.10. The first-order valence-electron chi connectivity index (χ1n) is 5.75. The molecule has 0 aliphatic rings. The smallest absolute Gasteiger partial charge is 0.244 e. The van der Waals surface area contributed by atoms with Crippen LogP contribution in [-0.2, 0) is 10.0 Å². The molecule has 1 atom stereocenters. The highest BCUT2D eigenvalue weighted by molar-refractivity contribution is 7.89. The zero-order valence-corrected chi connectivity index (χ0v) is 12.2. The maximum Gasteiger partial charge on any atom is 0.244 e. The van der Waals surface area contributed by atoms with Crippen molar-refractivity contribution in [1.29, 1.82) is 0 Å². The van der Waals surface area contributed by atoms with Gasteiger partial charge in [-0.1, -0.05) is 0 Å². The van der Waals surface area contributed by atoms with E-state index in [1.807, 2.05) is 0 Å². The Morgan fingerprint density at radius 1 is 1.42 bits per heavy atom. The molecular weight excluding hydrogens is 271 g/mol. The van der Waals surface area contributed by atoms with E-state index < -0.39 is 32.4 Å². The van der Waals surface area contributed by atoms with E-state index in [9.17, 15) is 17.9 Å². The summed E-state index contributed by atoms with van der Waals surface area (Å²) in [5.41, 5.74) is 5.14. The molecule has 0 fully saturated rings. The largest absolute Gasteiger partial charge is 0.398 e. The number of nitrogens with two attached hydrogens (primary N) is 1. The molecule has 0 bridgehead atoms. The number of nitrogens with one attached hydrogen (secondary N) is 1. The minimum Gasteiger partial charge on any atom is -0.398 e. The summed E-state index contributed by atoms with van der Waals surface area (Å²) in [7, 11) is -4.10. The molecule has 19 heavy (non-hydrogen) atoms. The summed E-state index contributed by atoms with van der Waals surface area (Å²) < 4.78 is 40.3. The van der Waals surface area contributed by atoms with E-state index in [4.69, 9.17) is 5.73 Å². The molecule has 1 unspecified atom stereocenters. The molecule has 1 rings (SSSR count). The van der Waals surface area contributed by atoms with Gasteiger partial charge in [0.2, 0.25) is 10.0 Å². The lowest BCUT2D eigenvalue weighted by atomic mass is 10.0. The second kappa shape index (κ2) is 5.07. The standard InChI is InChI=1S/C12H19FN2O3S/c1-7-5-9(13)11(6-10(7)14)19(17,18)15-12(3,4)8(2)16/h5-6,8,15-16H,14H2,1-4H3.